The third-order valence-electron chi connectivity index (χ3n) is 3.59. The van der Waals surface area contributed by atoms with E-state index in [0.717, 1.165) is 24.9 Å². The topological polar surface area (TPSA) is 58.2 Å². The molecule has 2 unspecified atom stereocenters. The van der Waals surface area contributed by atoms with Crippen LogP contribution in [0.2, 0.25) is 0 Å². The lowest BCUT2D eigenvalue weighted by Gasteiger charge is -2.29. The minimum atomic E-state index is -3.42. The summed E-state index contributed by atoms with van der Waals surface area (Å²) in [6.45, 7) is 4.79. The first-order valence-corrected chi connectivity index (χ1v) is 8.30. The number of sulfonamides is 1. The lowest BCUT2D eigenvalue weighted by Crippen LogP contribution is -2.50. The SMILES string of the molecule is Cc1cccc(S(=O)(=O)NC(C)C2CCCCN2)c1. The molecule has 2 atom stereocenters. The Morgan fingerprint density at radius 3 is 2.79 bits per heavy atom. The van der Waals surface area contributed by atoms with Gasteiger partial charge in [0.15, 0.2) is 0 Å². The van der Waals surface area contributed by atoms with Crippen molar-refractivity contribution in [3.05, 3.63) is 29.8 Å². The lowest BCUT2D eigenvalue weighted by molar-refractivity contribution is 0.347. The smallest absolute Gasteiger partial charge is 0.240 e. The molecule has 0 bridgehead atoms. The predicted molar refractivity (Wildman–Crippen MR) is 76.6 cm³/mol. The molecule has 0 aliphatic carbocycles. The Kier molecular flexibility index (Phi) is 4.60. The van der Waals surface area contributed by atoms with Crippen LogP contribution in [0, 0.1) is 6.92 Å². The van der Waals surface area contributed by atoms with Gasteiger partial charge in [-0.2, -0.15) is 0 Å². The van der Waals surface area contributed by atoms with E-state index < -0.39 is 10.0 Å². The van der Waals surface area contributed by atoms with E-state index in [9.17, 15) is 8.42 Å². The first-order chi connectivity index (χ1) is 8.99. The standard InChI is InChI=1S/C14H22N2O2S/c1-11-6-5-7-13(10-11)19(17,18)16-12(2)14-8-3-4-9-15-14/h5-7,10,12,14-16H,3-4,8-9H2,1-2H3. The summed E-state index contributed by atoms with van der Waals surface area (Å²) in [5, 5.41) is 3.38. The van der Waals surface area contributed by atoms with Crippen LogP contribution in [0.25, 0.3) is 0 Å². The largest absolute Gasteiger partial charge is 0.312 e. The second-order valence-electron chi connectivity index (χ2n) is 5.28. The summed E-state index contributed by atoms with van der Waals surface area (Å²) in [4.78, 5) is 0.343. The molecule has 4 nitrogen and oxygen atoms in total. The summed E-state index contributed by atoms with van der Waals surface area (Å²) < 4.78 is 27.4. The first kappa shape index (κ1) is 14.5. The molecule has 0 spiro atoms. The average Bonchev–Trinajstić information content (AvgIpc) is 2.39. The number of rotatable bonds is 4. The van der Waals surface area contributed by atoms with E-state index in [2.05, 4.69) is 10.0 Å². The molecule has 5 heteroatoms. The van der Waals surface area contributed by atoms with Crippen molar-refractivity contribution in [2.75, 3.05) is 6.54 Å². The summed E-state index contributed by atoms with van der Waals surface area (Å²) in [6.07, 6.45) is 3.36. The molecular formula is C14H22N2O2S. The van der Waals surface area contributed by atoms with Gasteiger partial charge in [0, 0.05) is 12.1 Å². The average molecular weight is 282 g/mol. The van der Waals surface area contributed by atoms with Crippen molar-refractivity contribution in [1.82, 2.24) is 10.0 Å². The number of piperidine rings is 1. The van der Waals surface area contributed by atoms with Gasteiger partial charge in [-0.1, -0.05) is 18.6 Å². The highest BCUT2D eigenvalue weighted by molar-refractivity contribution is 7.89. The Balaban J connectivity index is 2.08. The number of benzene rings is 1. The van der Waals surface area contributed by atoms with Crippen molar-refractivity contribution >= 4 is 10.0 Å². The van der Waals surface area contributed by atoms with Gasteiger partial charge in [-0.3, -0.25) is 0 Å². The second-order valence-corrected chi connectivity index (χ2v) is 7.00. The summed E-state index contributed by atoms with van der Waals surface area (Å²) in [5.41, 5.74) is 0.950. The van der Waals surface area contributed by atoms with Crippen LogP contribution in [-0.4, -0.2) is 27.0 Å². The minimum Gasteiger partial charge on any atom is -0.312 e. The summed E-state index contributed by atoms with van der Waals surface area (Å²) in [5.74, 6) is 0. The van der Waals surface area contributed by atoms with Crippen LogP contribution in [0.1, 0.15) is 31.7 Å². The van der Waals surface area contributed by atoms with Gasteiger partial charge in [0.05, 0.1) is 4.90 Å². The molecule has 1 heterocycles. The molecule has 1 aliphatic heterocycles. The highest BCUT2D eigenvalue weighted by Crippen LogP contribution is 2.15. The number of hydrogen-bond acceptors (Lipinski definition) is 3. The maximum absolute atomic E-state index is 12.3. The minimum absolute atomic E-state index is 0.0918. The Hall–Kier alpha value is -0.910. The van der Waals surface area contributed by atoms with Crippen LogP contribution >= 0.6 is 0 Å². The Morgan fingerprint density at radius 2 is 2.16 bits per heavy atom. The van der Waals surface area contributed by atoms with Crippen LogP contribution in [0.15, 0.2) is 29.2 Å². The van der Waals surface area contributed by atoms with E-state index in [1.54, 1.807) is 18.2 Å². The van der Waals surface area contributed by atoms with Crippen molar-refractivity contribution < 1.29 is 8.42 Å². The second kappa shape index (κ2) is 6.03. The monoisotopic (exact) mass is 282 g/mol. The van der Waals surface area contributed by atoms with Crippen LogP contribution in [0.5, 0.6) is 0 Å². The van der Waals surface area contributed by atoms with Crippen molar-refractivity contribution in [3.63, 3.8) is 0 Å². The molecule has 1 aliphatic rings. The van der Waals surface area contributed by atoms with Crippen molar-refractivity contribution in [2.45, 2.75) is 50.1 Å². The normalized spacial score (nSPS) is 22.1. The maximum atomic E-state index is 12.3. The maximum Gasteiger partial charge on any atom is 0.240 e. The Bertz CT molecular complexity index is 522. The molecule has 1 aromatic carbocycles. The fourth-order valence-electron chi connectivity index (χ4n) is 2.48. The summed E-state index contributed by atoms with van der Waals surface area (Å²) in [7, 11) is -3.42. The third kappa shape index (κ3) is 3.78. The van der Waals surface area contributed by atoms with Crippen LogP contribution in [0.3, 0.4) is 0 Å². The van der Waals surface area contributed by atoms with E-state index in [4.69, 9.17) is 0 Å². The molecule has 0 aromatic heterocycles. The molecule has 1 aromatic rings. The van der Waals surface area contributed by atoms with Gasteiger partial charge in [0.2, 0.25) is 10.0 Å². The van der Waals surface area contributed by atoms with Gasteiger partial charge >= 0.3 is 0 Å². The number of hydrogen-bond donors (Lipinski definition) is 2. The first-order valence-electron chi connectivity index (χ1n) is 6.81. The molecule has 0 saturated carbocycles. The fourth-order valence-corrected chi connectivity index (χ4v) is 3.87. The Labute approximate surface area is 115 Å². The van der Waals surface area contributed by atoms with Gasteiger partial charge in [-0.25, -0.2) is 13.1 Å². The van der Waals surface area contributed by atoms with E-state index in [-0.39, 0.29) is 12.1 Å². The molecule has 2 rings (SSSR count). The number of nitrogens with one attached hydrogen (secondary N) is 2. The molecule has 0 radical (unpaired) electrons. The molecule has 106 valence electrons. The third-order valence-corrected chi connectivity index (χ3v) is 5.15. The van der Waals surface area contributed by atoms with E-state index in [1.807, 2.05) is 19.9 Å². The molecular weight excluding hydrogens is 260 g/mol. The fraction of sp³-hybridized carbons (Fsp3) is 0.571. The van der Waals surface area contributed by atoms with Gasteiger partial charge in [0.25, 0.3) is 0 Å². The number of aryl methyl sites for hydroxylation is 1. The van der Waals surface area contributed by atoms with E-state index in [0.29, 0.717) is 4.90 Å². The van der Waals surface area contributed by atoms with Crippen molar-refractivity contribution in [1.29, 1.82) is 0 Å². The Morgan fingerprint density at radius 1 is 1.37 bits per heavy atom. The van der Waals surface area contributed by atoms with Gasteiger partial charge in [-0.05, 0) is 50.9 Å². The molecule has 2 N–H and O–H groups in total. The molecule has 1 saturated heterocycles. The molecule has 19 heavy (non-hydrogen) atoms. The zero-order valence-corrected chi connectivity index (χ0v) is 12.3. The van der Waals surface area contributed by atoms with Crippen LogP contribution in [-0.2, 0) is 10.0 Å². The zero-order chi connectivity index (χ0) is 13.9. The zero-order valence-electron chi connectivity index (χ0n) is 11.5. The van der Waals surface area contributed by atoms with Gasteiger partial charge < -0.3 is 5.32 Å². The van der Waals surface area contributed by atoms with Crippen LogP contribution in [0.4, 0.5) is 0 Å². The van der Waals surface area contributed by atoms with Crippen molar-refractivity contribution in [2.24, 2.45) is 0 Å². The quantitative estimate of drug-likeness (QED) is 0.885. The van der Waals surface area contributed by atoms with Gasteiger partial charge in [-0.15, -0.1) is 0 Å². The summed E-state index contributed by atoms with van der Waals surface area (Å²) in [6, 6.07) is 7.14. The lowest BCUT2D eigenvalue weighted by atomic mass is 10.00. The highest BCUT2D eigenvalue weighted by atomic mass is 32.2. The summed E-state index contributed by atoms with van der Waals surface area (Å²) >= 11 is 0. The van der Waals surface area contributed by atoms with E-state index >= 15 is 0 Å². The molecule has 1 fully saturated rings. The van der Waals surface area contributed by atoms with Gasteiger partial charge in [0.1, 0.15) is 0 Å². The van der Waals surface area contributed by atoms with E-state index in [1.165, 1.54) is 6.42 Å². The molecule has 0 amide bonds. The highest BCUT2D eigenvalue weighted by Gasteiger charge is 2.24. The van der Waals surface area contributed by atoms with Crippen molar-refractivity contribution in [3.8, 4) is 0 Å². The predicted octanol–water partition coefficient (Wildman–Crippen LogP) is 1.80. The van der Waals surface area contributed by atoms with Crippen LogP contribution < -0.4 is 10.0 Å².